The van der Waals surface area contributed by atoms with Gasteiger partial charge in [0, 0.05) is 20.2 Å². The number of rotatable bonds is 2. The highest BCUT2D eigenvalue weighted by Crippen LogP contribution is 2.41. The van der Waals surface area contributed by atoms with Crippen molar-refractivity contribution in [2.75, 3.05) is 0 Å². The molecule has 0 spiro atoms. The maximum absolute atomic E-state index is 2.25. The Kier molecular flexibility index (Phi) is 3.62. The van der Waals surface area contributed by atoms with Crippen LogP contribution in [0.3, 0.4) is 0 Å². The van der Waals surface area contributed by atoms with Crippen LogP contribution in [0.5, 0.6) is 0 Å². The molecule has 26 heavy (non-hydrogen) atoms. The quantitative estimate of drug-likeness (QED) is 0.306. The summed E-state index contributed by atoms with van der Waals surface area (Å²) in [5, 5.41) is 2.73. The van der Waals surface area contributed by atoms with Gasteiger partial charge in [-0.3, -0.25) is 0 Å². The van der Waals surface area contributed by atoms with Gasteiger partial charge in [-0.1, -0.05) is 91.0 Å². The van der Waals surface area contributed by atoms with E-state index in [0.29, 0.717) is 0 Å². The molecule has 5 aromatic rings. The topological polar surface area (TPSA) is 0 Å². The molecule has 0 aliphatic carbocycles. The molecule has 0 bridgehead atoms. The van der Waals surface area contributed by atoms with E-state index in [1.54, 1.807) is 0 Å². The predicted octanol–water partition coefficient (Wildman–Crippen LogP) is 7.70. The molecule has 124 valence electrons. The van der Waals surface area contributed by atoms with E-state index < -0.39 is 0 Å². The van der Waals surface area contributed by atoms with Gasteiger partial charge in [-0.05, 0) is 34.7 Å². The van der Waals surface area contributed by atoms with Gasteiger partial charge in [0.1, 0.15) is 0 Å². The smallest absolute Gasteiger partial charge is 0.0433 e. The molecule has 0 radical (unpaired) electrons. The molecule has 0 fully saturated rings. The summed E-state index contributed by atoms with van der Waals surface area (Å²) in [5.74, 6) is 0. The van der Waals surface area contributed by atoms with E-state index in [1.807, 2.05) is 11.3 Å². The molecule has 0 unspecified atom stereocenters. The molecule has 0 atom stereocenters. The van der Waals surface area contributed by atoms with E-state index in [0.717, 1.165) is 0 Å². The molecular weight excluding hydrogens is 332 g/mol. The maximum atomic E-state index is 2.25. The van der Waals surface area contributed by atoms with E-state index in [1.165, 1.54) is 48.0 Å². The molecular formula is C25H18S. The number of thiophene rings is 1. The third kappa shape index (κ3) is 2.44. The van der Waals surface area contributed by atoms with Crippen LogP contribution in [-0.4, -0.2) is 0 Å². The zero-order valence-electron chi connectivity index (χ0n) is 14.6. The second-order valence-electron chi connectivity index (χ2n) is 6.68. The molecule has 5 rings (SSSR count). The van der Waals surface area contributed by atoms with Gasteiger partial charge in [-0.2, -0.15) is 0 Å². The summed E-state index contributed by atoms with van der Waals surface area (Å²) in [7, 11) is 0. The van der Waals surface area contributed by atoms with E-state index in [2.05, 4.69) is 97.9 Å². The highest BCUT2D eigenvalue weighted by Gasteiger charge is 2.11. The highest BCUT2D eigenvalue weighted by atomic mass is 32.1. The monoisotopic (exact) mass is 350 g/mol. The lowest BCUT2D eigenvalue weighted by molar-refractivity contribution is 1.56. The minimum Gasteiger partial charge on any atom is -0.134 e. The fourth-order valence-electron chi connectivity index (χ4n) is 3.66. The Balaban J connectivity index is 1.67. The van der Waals surface area contributed by atoms with Gasteiger partial charge in [0.05, 0.1) is 0 Å². The van der Waals surface area contributed by atoms with Gasteiger partial charge in [-0.15, -0.1) is 11.3 Å². The van der Waals surface area contributed by atoms with Crippen LogP contribution >= 0.6 is 11.3 Å². The van der Waals surface area contributed by atoms with Gasteiger partial charge < -0.3 is 0 Å². The second kappa shape index (κ2) is 6.12. The third-order valence-corrected chi connectivity index (χ3v) is 6.41. The first kappa shape index (κ1) is 15.4. The molecule has 0 aliphatic rings. The SMILES string of the molecule is Cc1cccc2c1sc1c(-c3ccc(-c4ccccc4)cc3)cccc12. The molecule has 0 nitrogen and oxygen atoms in total. The zero-order valence-corrected chi connectivity index (χ0v) is 15.4. The van der Waals surface area contributed by atoms with Crippen LogP contribution < -0.4 is 0 Å². The molecule has 0 amide bonds. The van der Waals surface area contributed by atoms with Crippen molar-refractivity contribution in [1.29, 1.82) is 0 Å². The molecule has 1 aromatic heterocycles. The van der Waals surface area contributed by atoms with Crippen LogP contribution in [0, 0.1) is 6.92 Å². The molecule has 0 aliphatic heterocycles. The van der Waals surface area contributed by atoms with E-state index in [9.17, 15) is 0 Å². The van der Waals surface area contributed by atoms with Gasteiger partial charge in [0.25, 0.3) is 0 Å². The van der Waals surface area contributed by atoms with Crippen LogP contribution in [0.4, 0.5) is 0 Å². The largest absolute Gasteiger partial charge is 0.134 e. The lowest BCUT2D eigenvalue weighted by Crippen LogP contribution is -1.80. The Morgan fingerprint density at radius 1 is 0.500 bits per heavy atom. The minimum absolute atomic E-state index is 1.26. The first-order valence-electron chi connectivity index (χ1n) is 8.88. The summed E-state index contributed by atoms with van der Waals surface area (Å²) < 4.78 is 2.78. The van der Waals surface area contributed by atoms with Gasteiger partial charge in [-0.25, -0.2) is 0 Å². The molecule has 4 aromatic carbocycles. The standard InChI is InChI=1S/C25H18S/c1-17-7-5-11-22-23-12-6-10-21(25(23)26-24(17)22)20-15-13-19(14-16-20)18-8-3-2-4-9-18/h2-16H,1H3. The van der Waals surface area contributed by atoms with Crippen molar-refractivity contribution >= 4 is 31.5 Å². The van der Waals surface area contributed by atoms with Gasteiger partial charge in [0.2, 0.25) is 0 Å². The summed E-state index contributed by atoms with van der Waals surface area (Å²) >= 11 is 1.91. The molecule has 1 heterocycles. The van der Waals surface area contributed by atoms with Crippen molar-refractivity contribution < 1.29 is 0 Å². The molecule has 0 N–H and O–H groups in total. The van der Waals surface area contributed by atoms with Crippen LogP contribution in [-0.2, 0) is 0 Å². The van der Waals surface area contributed by atoms with Crippen LogP contribution in [0.1, 0.15) is 5.56 Å². The molecule has 0 saturated heterocycles. The van der Waals surface area contributed by atoms with Crippen LogP contribution in [0.15, 0.2) is 91.0 Å². The van der Waals surface area contributed by atoms with Crippen LogP contribution in [0.25, 0.3) is 42.4 Å². The lowest BCUT2D eigenvalue weighted by atomic mass is 9.99. The second-order valence-corrected chi connectivity index (χ2v) is 7.70. The summed E-state index contributed by atoms with van der Waals surface area (Å²) in [6.45, 7) is 2.20. The third-order valence-electron chi connectivity index (χ3n) is 5.02. The van der Waals surface area contributed by atoms with Gasteiger partial charge >= 0.3 is 0 Å². The van der Waals surface area contributed by atoms with Crippen molar-refractivity contribution in [3.8, 4) is 22.3 Å². The van der Waals surface area contributed by atoms with Crippen molar-refractivity contribution in [1.82, 2.24) is 0 Å². The Morgan fingerprint density at radius 3 is 1.88 bits per heavy atom. The highest BCUT2D eigenvalue weighted by molar-refractivity contribution is 7.26. The van der Waals surface area contributed by atoms with Crippen molar-refractivity contribution in [3.05, 3.63) is 96.6 Å². The average molecular weight is 350 g/mol. The summed E-state index contributed by atoms with van der Waals surface area (Å²) in [5.41, 5.74) is 6.47. The average Bonchev–Trinajstić information content (AvgIpc) is 3.09. The molecule has 1 heteroatoms. The Labute approximate surface area is 157 Å². The number of benzene rings is 4. The maximum Gasteiger partial charge on any atom is 0.0433 e. The van der Waals surface area contributed by atoms with Crippen LogP contribution in [0.2, 0.25) is 0 Å². The number of fused-ring (bicyclic) bond motifs is 3. The Morgan fingerprint density at radius 2 is 1.12 bits per heavy atom. The Bertz CT molecular complexity index is 1210. The number of aryl methyl sites for hydroxylation is 1. The summed E-state index contributed by atoms with van der Waals surface area (Å²) in [6, 6.07) is 32.7. The van der Waals surface area contributed by atoms with Crippen molar-refractivity contribution in [3.63, 3.8) is 0 Å². The number of hydrogen-bond donors (Lipinski definition) is 0. The fraction of sp³-hybridized carbons (Fsp3) is 0.0400. The van der Waals surface area contributed by atoms with E-state index in [-0.39, 0.29) is 0 Å². The first-order chi connectivity index (χ1) is 12.8. The first-order valence-corrected chi connectivity index (χ1v) is 9.69. The number of hydrogen-bond acceptors (Lipinski definition) is 1. The van der Waals surface area contributed by atoms with Crippen molar-refractivity contribution in [2.24, 2.45) is 0 Å². The Hall–Kier alpha value is -2.90. The van der Waals surface area contributed by atoms with E-state index >= 15 is 0 Å². The lowest BCUT2D eigenvalue weighted by Gasteiger charge is -2.06. The normalized spacial score (nSPS) is 11.3. The van der Waals surface area contributed by atoms with Crippen molar-refractivity contribution in [2.45, 2.75) is 6.92 Å². The molecule has 0 saturated carbocycles. The minimum atomic E-state index is 1.26. The fourth-order valence-corrected chi connectivity index (χ4v) is 4.97. The predicted molar refractivity (Wildman–Crippen MR) is 115 cm³/mol. The summed E-state index contributed by atoms with van der Waals surface area (Å²) in [4.78, 5) is 0. The zero-order chi connectivity index (χ0) is 17.5. The van der Waals surface area contributed by atoms with Gasteiger partial charge in [0.15, 0.2) is 0 Å². The van der Waals surface area contributed by atoms with E-state index in [4.69, 9.17) is 0 Å². The summed E-state index contributed by atoms with van der Waals surface area (Å²) in [6.07, 6.45) is 0.